The molecule has 2 aromatic carbocycles. The van der Waals surface area contributed by atoms with Gasteiger partial charge in [-0.15, -0.1) is 11.3 Å². The lowest BCUT2D eigenvalue weighted by Crippen LogP contribution is -2.14. The Morgan fingerprint density at radius 1 is 1.11 bits per heavy atom. The number of methoxy groups -OCH3 is 1. The number of thiophene rings is 1. The molecule has 28 heavy (non-hydrogen) atoms. The number of carbonyl (C=O) groups is 1. The van der Waals surface area contributed by atoms with Crippen molar-refractivity contribution in [2.24, 2.45) is 0 Å². The molecule has 4 aromatic rings. The SMILES string of the molecule is COc1ccc(NC(=O)CSc2ncnc3sc(-c4ccccc4)cc23)cc1. The average molecular weight is 408 g/mol. The van der Waals surface area contributed by atoms with Gasteiger partial charge in [0.1, 0.15) is 21.9 Å². The lowest BCUT2D eigenvalue weighted by Gasteiger charge is -2.06. The second-order valence-electron chi connectivity index (χ2n) is 5.94. The van der Waals surface area contributed by atoms with Crippen molar-refractivity contribution in [2.75, 3.05) is 18.2 Å². The molecule has 0 saturated carbocycles. The van der Waals surface area contributed by atoms with Crippen molar-refractivity contribution in [1.82, 2.24) is 9.97 Å². The van der Waals surface area contributed by atoms with Gasteiger partial charge in [-0.25, -0.2) is 9.97 Å². The second-order valence-corrected chi connectivity index (χ2v) is 7.93. The van der Waals surface area contributed by atoms with E-state index >= 15 is 0 Å². The van der Waals surface area contributed by atoms with E-state index in [-0.39, 0.29) is 11.7 Å². The van der Waals surface area contributed by atoms with Gasteiger partial charge in [-0.05, 0) is 35.9 Å². The van der Waals surface area contributed by atoms with Crippen LogP contribution in [0, 0.1) is 0 Å². The highest BCUT2D eigenvalue weighted by Crippen LogP contribution is 2.36. The Morgan fingerprint density at radius 3 is 2.64 bits per heavy atom. The minimum absolute atomic E-state index is 0.0829. The standard InChI is InChI=1S/C21H17N3O2S2/c1-26-16-9-7-15(8-10-16)24-19(25)12-27-20-17-11-18(14-5-3-2-4-6-14)28-21(17)23-13-22-20/h2-11,13H,12H2,1H3,(H,24,25). The zero-order valence-electron chi connectivity index (χ0n) is 15.1. The van der Waals surface area contributed by atoms with Gasteiger partial charge >= 0.3 is 0 Å². The number of hydrogen-bond donors (Lipinski definition) is 1. The van der Waals surface area contributed by atoms with E-state index < -0.39 is 0 Å². The Kier molecular flexibility index (Phi) is 5.55. The van der Waals surface area contributed by atoms with E-state index in [1.807, 2.05) is 42.5 Å². The van der Waals surface area contributed by atoms with E-state index in [0.717, 1.165) is 37.1 Å². The molecule has 0 bridgehead atoms. The van der Waals surface area contributed by atoms with E-state index in [4.69, 9.17) is 4.74 Å². The number of nitrogens with zero attached hydrogens (tertiary/aromatic N) is 2. The van der Waals surface area contributed by atoms with Crippen molar-refractivity contribution in [3.8, 4) is 16.2 Å². The number of carbonyl (C=O) groups excluding carboxylic acids is 1. The van der Waals surface area contributed by atoms with Crippen molar-refractivity contribution >= 4 is 44.9 Å². The first-order chi connectivity index (χ1) is 13.7. The molecule has 1 amide bonds. The Balaban J connectivity index is 1.47. The lowest BCUT2D eigenvalue weighted by atomic mass is 10.2. The monoisotopic (exact) mass is 407 g/mol. The quantitative estimate of drug-likeness (QED) is 0.356. The second kappa shape index (κ2) is 8.41. The smallest absolute Gasteiger partial charge is 0.234 e. The summed E-state index contributed by atoms with van der Waals surface area (Å²) in [4.78, 5) is 23.1. The number of amides is 1. The Hall–Kier alpha value is -2.90. The molecule has 0 radical (unpaired) electrons. The molecule has 2 heterocycles. The van der Waals surface area contributed by atoms with Crippen molar-refractivity contribution in [2.45, 2.75) is 5.03 Å². The molecule has 0 unspecified atom stereocenters. The molecule has 2 aromatic heterocycles. The molecular weight excluding hydrogens is 390 g/mol. The number of aromatic nitrogens is 2. The van der Waals surface area contributed by atoms with E-state index in [1.165, 1.54) is 11.8 Å². The maximum atomic E-state index is 12.3. The van der Waals surface area contributed by atoms with Gasteiger partial charge in [0.05, 0.1) is 12.9 Å². The Morgan fingerprint density at radius 2 is 1.89 bits per heavy atom. The van der Waals surface area contributed by atoms with Gasteiger partial charge in [0, 0.05) is 16.0 Å². The number of benzene rings is 2. The highest BCUT2D eigenvalue weighted by atomic mass is 32.2. The van der Waals surface area contributed by atoms with Gasteiger partial charge < -0.3 is 10.1 Å². The Labute approximate surface area is 170 Å². The largest absolute Gasteiger partial charge is 0.497 e. The first kappa shape index (κ1) is 18.5. The summed E-state index contributed by atoms with van der Waals surface area (Å²) in [6.45, 7) is 0. The molecule has 0 aliphatic rings. The number of nitrogens with one attached hydrogen (secondary N) is 1. The normalized spacial score (nSPS) is 10.8. The number of ether oxygens (including phenoxy) is 1. The maximum Gasteiger partial charge on any atom is 0.234 e. The molecule has 0 spiro atoms. The molecule has 0 aliphatic carbocycles. The van der Waals surface area contributed by atoms with Crippen LogP contribution in [-0.4, -0.2) is 28.7 Å². The summed E-state index contributed by atoms with van der Waals surface area (Å²) < 4.78 is 5.12. The minimum Gasteiger partial charge on any atom is -0.497 e. The highest BCUT2D eigenvalue weighted by molar-refractivity contribution is 8.00. The van der Waals surface area contributed by atoms with E-state index in [1.54, 1.807) is 24.8 Å². The zero-order chi connectivity index (χ0) is 19.3. The van der Waals surface area contributed by atoms with Gasteiger partial charge in [0.25, 0.3) is 0 Å². The number of hydrogen-bond acceptors (Lipinski definition) is 6. The summed E-state index contributed by atoms with van der Waals surface area (Å²) in [5.74, 6) is 0.942. The number of thioether (sulfide) groups is 1. The predicted octanol–water partition coefficient (Wildman–Crippen LogP) is 5.10. The molecule has 5 nitrogen and oxygen atoms in total. The highest BCUT2D eigenvalue weighted by Gasteiger charge is 2.12. The van der Waals surface area contributed by atoms with Crippen LogP contribution in [0.2, 0.25) is 0 Å². The topological polar surface area (TPSA) is 64.1 Å². The van der Waals surface area contributed by atoms with Crippen LogP contribution in [0.5, 0.6) is 5.75 Å². The predicted molar refractivity (Wildman–Crippen MR) is 115 cm³/mol. The van der Waals surface area contributed by atoms with Gasteiger partial charge in [0.15, 0.2) is 0 Å². The third-order valence-electron chi connectivity index (χ3n) is 4.06. The molecule has 4 rings (SSSR count). The molecule has 0 fully saturated rings. The molecule has 1 N–H and O–H groups in total. The van der Waals surface area contributed by atoms with Crippen molar-refractivity contribution < 1.29 is 9.53 Å². The van der Waals surface area contributed by atoms with Crippen LogP contribution >= 0.6 is 23.1 Å². The van der Waals surface area contributed by atoms with E-state index in [2.05, 4.69) is 33.5 Å². The van der Waals surface area contributed by atoms with Crippen LogP contribution in [0.3, 0.4) is 0 Å². The van der Waals surface area contributed by atoms with Crippen LogP contribution in [0.25, 0.3) is 20.7 Å². The molecule has 140 valence electrons. The number of anilines is 1. The molecular formula is C21H17N3O2S2. The molecule has 0 aliphatic heterocycles. The summed E-state index contributed by atoms with van der Waals surface area (Å²) in [6.07, 6.45) is 1.55. The fraction of sp³-hybridized carbons (Fsp3) is 0.0952. The molecule has 0 atom stereocenters. The summed E-state index contributed by atoms with van der Waals surface area (Å²) in [7, 11) is 1.61. The third kappa shape index (κ3) is 4.16. The number of fused-ring (bicyclic) bond motifs is 1. The van der Waals surface area contributed by atoms with Crippen LogP contribution in [0.4, 0.5) is 5.69 Å². The summed E-state index contributed by atoms with van der Waals surface area (Å²) in [5, 5.41) is 4.68. The minimum atomic E-state index is -0.0829. The fourth-order valence-corrected chi connectivity index (χ4v) is 4.54. The van der Waals surface area contributed by atoms with Gasteiger partial charge in [-0.1, -0.05) is 42.1 Å². The zero-order valence-corrected chi connectivity index (χ0v) is 16.7. The van der Waals surface area contributed by atoms with Gasteiger partial charge in [-0.2, -0.15) is 0 Å². The Bertz CT molecular complexity index is 1100. The average Bonchev–Trinajstić information content (AvgIpc) is 3.18. The van der Waals surface area contributed by atoms with Crippen molar-refractivity contribution in [1.29, 1.82) is 0 Å². The molecule has 7 heteroatoms. The maximum absolute atomic E-state index is 12.3. The third-order valence-corrected chi connectivity index (χ3v) is 6.16. The van der Waals surface area contributed by atoms with Gasteiger partial charge in [0.2, 0.25) is 5.91 Å². The fourth-order valence-electron chi connectivity index (χ4n) is 2.70. The van der Waals surface area contributed by atoms with Crippen molar-refractivity contribution in [3.05, 3.63) is 67.0 Å². The summed E-state index contributed by atoms with van der Waals surface area (Å²) >= 11 is 3.04. The van der Waals surface area contributed by atoms with Crippen LogP contribution in [-0.2, 0) is 4.79 Å². The van der Waals surface area contributed by atoms with Gasteiger partial charge in [-0.3, -0.25) is 4.79 Å². The summed E-state index contributed by atoms with van der Waals surface area (Å²) in [6, 6.07) is 19.5. The van der Waals surface area contributed by atoms with Crippen LogP contribution < -0.4 is 10.1 Å². The van der Waals surface area contributed by atoms with E-state index in [9.17, 15) is 4.79 Å². The molecule has 0 saturated heterocycles. The lowest BCUT2D eigenvalue weighted by molar-refractivity contribution is -0.113. The first-order valence-corrected chi connectivity index (χ1v) is 10.4. The number of rotatable bonds is 6. The van der Waals surface area contributed by atoms with E-state index in [0.29, 0.717) is 0 Å². The van der Waals surface area contributed by atoms with Crippen molar-refractivity contribution in [3.63, 3.8) is 0 Å². The van der Waals surface area contributed by atoms with Crippen LogP contribution in [0.1, 0.15) is 0 Å². The summed E-state index contributed by atoms with van der Waals surface area (Å²) in [5.41, 5.74) is 1.89. The van der Waals surface area contributed by atoms with Crippen LogP contribution in [0.15, 0.2) is 72.0 Å². The first-order valence-electron chi connectivity index (χ1n) is 8.59.